The normalized spacial score (nSPS) is 19.1. The number of carbonyl (C=O) groups excluding carboxylic acids is 1. The summed E-state index contributed by atoms with van der Waals surface area (Å²) in [4.78, 5) is 14.8. The maximum Gasteiger partial charge on any atom is 0.226 e. The van der Waals surface area contributed by atoms with Crippen LogP contribution in [0.2, 0.25) is 0 Å². The van der Waals surface area contributed by atoms with E-state index in [-0.39, 0.29) is 0 Å². The van der Waals surface area contributed by atoms with Crippen LogP contribution in [0.3, 0.4) is 0 Å². The summed E-state index contributed by atoms with van der Waals surface area (Å²) in [5.74, 6) is 1.05. The van der Waals surface area contributed by atoms with Gasteiger partial charge in [0.05, 0.1) is 0 Å². The van der Waals surface area contributed by atoms with E-state index in [4.69, 9.17) is 0 Å². The summed E-state index contributed by atoms with van der Waals surface area (Å²) in [5, 5.41) is 3.40. The number of hydrogen-bond donors (Lipinski definition) is 1. The maximum atomic E-state index is 12.7. The average Bonchev–Trinajstić information content (AvgIpc) is 2.53. The molecule has 0 aromatic heterocycles. The lowest BCUT2D eigenvalue weighted by molar-refractivity contribution is -0.119. The molecule has 0 bridgehead atoms. The molecule has 2 heterocycles. The Morgan fingerprint density at radius 3 is 2.82 bits per heavy atom. The zero-order valence-electron chi connectivity index (χ0n) is 14.0. The molecular formula is C19H28N2O. The van der Waals surface area contributed by atoms with Crippen molar-refractivity contribution in [1.82, 2.24) is 5.32 Å². The van der Waals surface area contributed by atoms with Gasteiger partial charge >= 0.3 is 0 Å². The van der Waals surface area contributed by atoms with Crippen molar-refractivity contribution in [1.29, 1.82) is 0 Å². The Hall–Kier alpha value is -1.35. The van der Waals surface area contributed by atoms with E-state index in [1.165, 1.54) is 35.2 Å². The van der Waals surface area contributed by atoms with Crippen molar-refractivity contribution in [3.63, 3.8) is 0 Å². The topological polar surface area (TPSA) is 32.3 Å². The van der Waals surface area contributed by atoms with Gasteiger partial charge in [0, 0.05) is 18.7 Å². The van der Waals surface area contributed by atoms with Gasteiger partial charge in [-0.2, -0.15) is 0 Å². The molecule has 1 aromatic carbocycles. The van der Waals surface area contributed by atoms with Crippen LogP contribution in [0.4, 0.5) is 5.69 Å². The van der Waals surface area contributed by atoms with Gasteiger partial charge in [0.1, 0.15) is 0 Å². The van der Waals surface area contributed by atoms with Crippen LogP contribution in [0, 0.1) is 19.8 Å². The Kier molecular flexibility index (Phi) is 4.82. The number of nitrogens with zero attached hydrogens (tertiary/aromatic N) is 1. The smallest absolute Gasteiger partial charge is 0.226 e. The SMILES string of the molecule is Cc1cc(C)c2c(c1)N(C(=O)CCC1CCNCC1)CCC2. The summed E-state index contributed by atoms with van der Waals surface area (Å²) in [7, 11) is 0. The minimum atomic E-state index is 0.324. The molecule has 1 aromatic rings. The van der Waals surface area contributed by atoms with E-state index in [9.17, 15) is 4.79 Å². The van der Waals surface area contributed by atoms with Gasteiger partial charge in [0.25, 0.3) is 0 Å². The minimum absolute atomic E-state index is 0.324. The van der Waals surface area contributed by atoms with Crippen molar-refractivity contribution in [3.8, 4) is 0 Å². The summed E-state index contributed by atoms with van der Waals surface area (Å²) in [5.41, 5.74) is 5.16. The fourth-order valence-corrected chi connectivity index (χ4v) is 3.97. The van der Waals surface area contributed by atoms with E-state index in [0.717, 1.165) is 44.8 Å². The van der Waals surface area contributed by atoms with Crippen molar-refractivity contribution in [3.05, 3.63) is 28.8 Å². The highest BCUT2D eigenvalue weighted by Crippen LogP contribution is 2.32. The number of hydrogen-bond acceptors (Lipinski definition) is 2. The van der Waals surface area contributed by atoms with Crippen molar-refractivity contribution in [2.75, 3.05) is 24.5 Å². The van der Waals surface area contributed by atoms with Gasteiger partial charge in [-0.1, -0.05) is 6.07 Å². The van der Waals surface area contributed by atoms with Crippen molar-refractivity contribution in [2.24, 2.45) is 5.92 Å². The third-order valence-corrected chi connectivity index (χ3v) is 5.22. The van der Waals surface area contributed by atoms with Crippen LogP contribution in [0.5, 0.6) is 0 Å². The molecule has 3 nitrogen and oxygen atoms in total. The summed E-state index contributed by atoms with van der Waals surface area (Å²) >= 11 is 0. The molecule has 0 radical (unpaired) electrons. The van der Waals surface area contributed by atoms with E-state index < -0.39 is 0 Å². The number of amides is 1. The average molecular weight is 300 g/mol. The second-order valence-electron chi connectivity index (χ2n) is 6.96. The molecule has 0 unspecified atom stereocenters. The quantitative estimate of drug-likeness (QED) is 0.928. The van der Waals surface area contributed by atoms with E-state index >= 15 is 0 Å². The van der Waals surface area contributed by atoms with Gasteiger partial charge in [-0.05, 0) is 87.7 Å². The minimum Gasteiger partial charge on any atom is -0.317 e. The third-order valence-electron chi connectivity index (χ3n) is 5.22. The third kappa shape index (κ3) is 3.35. The molecule has 1 amide bonds. The number of rotatable bonds is 3. The number of piperidine rings is 1. The number of nitrogens with one attached hydrogen (secondary N) is 1. The number of aryl methyl sites for hydroxylation is 2. The van der Waals surface area contributed by atoms with Gasteiger partial charge in [0.2, 0.25) is 5.91 Å². The first-order chi connectivity index (χ1) is 10.6. The molecule has 0 saturated carbocycles. The molecule has 22 heavy (non-hydrogen) atoms. The predicted octanol–water partition coefficient (Wildman–Crippen LogP) is 3.36. The number of fused-ring (bicyclic) bond motifs is 1. The van der Waals surface area contributed by atoms with Gasteiger partial charge in [-0.3, -0.25) is 4.79 Å². The Bertz CT molecular complexity index is 547. The fourth-order valence-electron chi connectivity index (χ4n) is 3.97. The molecular weight excluding hydrogens is 272 g/mol. The maximum absolute atomic E-state index is 12.7. The lowest BCUT2D eigenvalue weighted by Gasteiger charge is -2.32. The van der Waals surface area contributed by atoms with Crippen molar-refractivity contribution < 1.29 is 4.79 Å². The Morgan fingerprint density at radius 1 is 1.27 bits per heavy atom. The second-order valence-corrected chi connectivity index (χ2v) is 6.96. The van der Waals surface area contributed by atoms with E-state index in [1.807, 2.05) is 0 Å². The molecule has 3 heteroatoms. The molecule has 2 aliphatic rings. The van der Waals surface area contributed by atoms with Crippen LogP contribution < -0.4 is 10.2 Å². The first-order valence-electron chi connectivity index (χ1n) is 8.76. The predicted molar refractivity (Wildman–Crippen MR) is 91.4 cm³/mol. The van der Waals surface area contributed by atoms with Gasteiger partial charge in [-0.15, -0.1) is 0 Å². The van der Waals surface area contributed by atoms with Gasteiger partial charge in [-0.25, -0.2) is 0 Å². The standard InChI is InChI=1S/C19H28N2O/c1-14-12-15(2)17-4-3-11-21(18(17)13-14)19(22)6-5-16-7-9-20-10-8-16/h12-13,16,20H,3-11H2,1-2H3. The van der Waals surface area contributed by atoms with E-state index in [2.05, 4.69) is 36.2 Å². The summed E-state index contributed by atoms with van der Waals surface area (Å²) < 4.78 is 0. The molecule has 2 aliphatic heterocycles. The first-order valence-corrected chi connectivity index (χ1v) is 8.76. The molecule has 1 fully saturated rings. The number of carbonyl (C=O) groups is 1. The Morgan fingerprint density at radius 2 is 2.05 bits per heavy atom. The largest absolute Gasteiger partial charge is 0.317 e. The lowest BCUT2D eigenvalue weighted by atomic mass is 9.92. The molecule has 1 saturated heterocycles. The van der Waals surface area contributed by atoms with Gasteiger partial charge < -0.3 is 10.2 Å². The van der Waals surface area contributed by atoms with Crippen LogP contribution in [-0.4, -0.2) is 25.5 Å². The highest BCUT2D eigenvalue weighted by atomic mass is 16.2. The molecule has 0 aliphatic carbocycles. The van der Waals surface area contributed by atoms with E-state index in [1.54, 1.807) is 0 Å². The molecule has 0 spiro atoms. The van der Waals surface area contributed by atoms with Crippen molar-refractivity contribution >= 4 is 11.6 Å². The van der Waals surface area contributed by atoms with Crippen LogP contribution in [-0.2, 0) is 11.2 Å². The second kappa shape index (κ2) is 6.82. The summed E-state index contributed by atoms with van der Waals surface area (Å²) in [6, 6.07) is 4.44. The number of benzene rings is 1. The Labute approximate surface area is 134 Å². The van der Waals surface area contributed by atoms with Crippen LogP contribution in [0.15, 0.2) is 12.1 Å². The van der Waals surface area contributed by atoms with Crippen LogP contribution in [0.25, 0.3) is 0 Å². The van der Waals surface area contributed by atoms with Crippen molar-refractivity contribution in [2.45, 2.75) is 52.4 Å². The lowest BCUT2D eigenvalue weighted by Crippen LogP contribution is -2.36. The molecule has 120 valence electrons. The zero-order valence-corrected chi connectivity index (χ0v) is 14.0. The van der Waals surface area contributed by atoms with Gasteiger partial charge in [0.15, 0.2) is 0 Å². The highest BCUT2D eigenvalue weighted by molar-refractivity contribution is 5.94. The van der Waals surface area contributed by atoms with E-state index in [0.29, 0.717) is 12.3 Å². The first kappa shape index (κ1) is 15.5. The van der Waals surface area contributed by atoms with Crippen LogP contribution >= 0.6 is 0 Å². The monoisotopic (exact) mass is 300 g/mol. The molecule has 0 atom stereocenters. The Balaban J connectivity index is 1.69. The summed E-state index contributed by atoms with van der Waals surface area (Å²) in [6.07, 6.45) is 6.41. The molecule has 3 rings (SSSR count). The fraction of sp³-hybridized carbons (Fsp3) is 0.632. The summed E-state index contributed by atoms with van der Waals surface area (Å²) in [6.45, 7) is 7.42. The highest BCUT2D eigenvalue weighted by Gasteiger charge is 2.24. The van der Waals surface area contributed by atoms with Crippen LogP contribution in [0.1, 0.15) is 48.8 Å². The number of anilines is 1. The zero-order chi connectivity index (χ0) is 15.5. The molecule has 1 N–H and O–H groups in total.